The van der Waals surface area contributed by atoms with Crippen molar-refractivity contribution in [2.45, 2.75) is 19.1 Å². The Morgan fingerprint density at radius 1 is 1.17 bits per heavy atom. The van der Waals surface area contributed by atoms with Crippen LogP contribution in [0.2, 0.25) is 0 Å². The summed E-state index contributed by atoms with van der Waals surface area (Å²) in [5.41, 5.74) is 0.808. The van der Waals surface area contributed by atoms with E-state index in [-0.39, 0.29) is 12.6 Å². The maximum atomic E-state index is 12.5. The lowest BCUT2D eigenvalue weighted by Crippen LogP contribution is -2.37. The third-order valence-electron chi connectivity index (χ3n) is 3.43. The number of carbonyl (C=O) groups is 1. The van der Waals surface area contributed by atoms with Crippen molar-refractivity contribution in [2.75, 3.05) is 13.6 Å². The van der Waals surface area contributed by atoms with Crippen LogP contribution in [0, 0.1) is 0 Å². The highest BCUT2D eigenvalue weighted by Crippen LogP contribution is 2.29. The fourth-order valence-corrected chi connectivity index (χ4v) is 2.12. The zero-order valence-corrected chi connectivity index (χ0v) is 13.2. The van der Waals surface area contributed by atoms with Gasteiger partial charge in [-0.25, -0.2) is 4.79 Å². The summed E-state index contributed by atoms with van der Waals surface area (Å²) < 4.78 is 37.5. The number of nitrogens with zero attached hydrogens (tertiary/aromatic N) is 2. The molecule has 0 spiro atoms. The third kappa shape index (κ3) is 5.26. The van der Waals surface area contributed by atoms with Crippen LogP contribution in [0.3, 0.4) is 0 Å². The molecule has 4 nitrogen and oxygen atoms in total. The molecule has 0 aliphatic rings. The Morgan fingerprint density at radius 3 is 2.46 bits per heavy atom. The minimum Gasteiger partial charge on any atom is -0.338 e. The fraction of sp³-hybridized carbons (Fsp3) is 0.294. The SMILES string of the molecule is CN(Cc1ccc(C(F)(F)F)cc1)C(=O)NCCc1ccccn1. The van der Waals surface area contributed by atoms with Gasteiger partial charge in [0, 0.05) is 38.4 Å². The molecule has 2 rings (SSSR count). The van der Waals surface area contributed by atoms with E-state index in [2.05, 4.69) is 10.3 Å². The van der Waals surface area contributed by atoms with E-state index in [1.165, 1.54) is 17.0 Å². The van der Waals surface area contributed by atoms with Gasteiger partial charge in [0.1, 0.15) is 0 Å². The zero-order chi connectivity index (χ0) is 17.6. The van der Waals surface area contributed by atoms with E-state index in [0.29, 0.717) is 18.5 Å². The first-order chi connectivity index (χ1) is 11.4. The van der Waals surface area contributed by atoms with Gasteiger partial charge in [0.2, 0.25) is 0 Å². The second-order valence-corrected chi connectivity index (χ2v) is 5.35. The molecule has 0 saturated heterocycles. The highest BCUT2D eigenvalue weighted by atomic mass is 19.4. The van der Waals surface area contributed by atoms with Crippen LogP contribution in [-0.2, 0) is 19.1 Å². The van der Waals surface area contributed by atoms with Gasteiger partial charge in [-0.1, -0.05) is 18.2 Å². The molecule has 0 aliphatic heterocycles. The number of alkyl halides is 3. The molecule has 2 amide bonds. The predicted octanol–water partition coefficient (Wildman–Crippen LogP) is 3.48. The lowest BCUT2D eigenvalue weighted by atomic mass is 10.1. The van der Waals surface area contributed by atoms with Gasteiger partial charge >= 0.3 is 12.2 Å². The molecule has 128 valence electrons. The van der Waals surface area contributed by atoms with Crippen LogP contribution in [-0.4, -0.2) is 29.5 Å². The van der Waals surface area contributed by atoms with E-state index in [9.17, 15) is 18.0 Å². The Bertz CT molecular complexity index is 657. The van der Waals surface area contributed by atoms with E-state index < -0.39 is 11.7 Å². The zero-order valence-electron chi connectivity index (χ0n) is 13.2. The summed E-state index contributed by atoms with van der Waals surface area (Å²) in [5, 5.41) is 2.75. The summed E-state index contributed by atoms with van der Waals surface area (Å²) in [7, 11) is 1.59. The standard InChI is InChI=1S/C17H18F3N3O/c1-23(12-13-5-7-14(8-6-13)17(18,19)20)16(24)22-11-9-15-4-2-3-10-21-15/h2-8,10H,9,11-12H2,1H3,(H,22,24). The number of pyridine rings is 1. The number of hydrogen-bond donors (Lipinski definition) is 1. The van der Waals surface area contributed by atoms with E-state index in [4.69, 9.17) is 0 Å². The van der Waals surface area contributed by atoms with E-state index >= 15 is 0 Å². The Kier molecular flexibility index (Phi) is 5.78. The molecule has 1 aromatic heterocycles. The number of halogens is 3. The number of benzene rings is 1. The van der Waals surface area contributed by atoms with Crippen molar-refractivity contribution in [1.82, 2.24) is 15.2 Å². The smallest absolute Gasteiger partial charge is 0.338 e. The molecule has 7 heteroatoms. The van der Waals surface area contributed by atoms with Gasteiger partial charge in [-0.05, 0) is 29.8 Å². The van der Waals surface area contributed by atoms with E-state index in [1.807, 2.05) is 18.2 Å². The topological polar surface area (TPSA) is 45.2 Å². The molecular formula is C17H18F3N3O. The number of nitrogens with one attached hydrogen (secondary N) is 1. The van der Waals surface area contributed by atoms with Gasteiger partial charge < -0.3 is 10.2 Å². The molecule has 0 saturated carbocycles. The second kappa shape index (κ2) is 7.81. The molecule has 2 aromatic rings. The number of urea groups is 1. The summed E-state index contributed by atoms with van der Waals surface area (Å²) in [5.74, 6) is 0. The molecule has 0 fully saturated rings. The normalized spacial score (nSPS) is 11.2. The van der Waals surface area contributed by atoms with Crippen molar-refractivity contribution >= 4 is 6.03 Å². The number of amides is 2. The van der Waals surface area contributed by atoms with Crippen LogP contribution in [0.1, 0.15) is 16.8 Å². The predicted molar refractivity (Wildman–Crippen MR) is 84.3 cm³/mol. The van der Waals surface area contributed by atoms with E-state index in [1.54, 1.807) is 13.2 Å². The number of rotatable bonds is 5. The number of carbonyl (C=O) groups excluding carboxylic acids is 1. The van der Waals surface area contributed by atoms with Crippen LogP contribution < -0.4 is 5.32 Å². The maximum absolute atomic E-state index is 12.5. The summed E-state index contributed by atoms with van der Waals surface area (Å²) in [4.78, 5) is 17.6. The molecule has 0 radical (unpaired) electrons. The third-order valence-corrected chi connectivity index (χ3v) is 3.43. The van der Waals surface area contributed by atoms with Crippen LogP contribution in [0.5, 0.6) is 0 Å². The first-order valence-corrected chi connectivity index (χ1v) is 7.41. The first-order valence-electron chi connectivity index (χ1n) is 7.41. The minimum absolute atomic E-state index is 0.230. The summed E-state index contributed by atoms with van der Waals surface area (Å²) in [6, 6.07) is 10.1. The Morgan fingerprint density at radius 2 is 1.88 bits per heavy atom. The van der Waals surface area contributed by atoms with Crippen LogP contribution in [0.15, 0.2) is 48.7 Å². The highest BCUT2D eigenvalue weighted by Gasteiger charge is 2.29. The molecule has 24 heavy (non-hydrogen) atoms. The number of hydrogen-bond acceptors (Lipinski definition) is 2. The van der Waals surface area contributed by atoms with Gasteiger partial charge in [0.25, 0.3) is 0 Å². The number of aromatic nitrogens is 1. The first kappa shape index (κ1) is 17.8. The summed E-state index contributed by atoms with van der Waals surface area (Å²) >= 11 is 0. The van der Waals surface area contributed by atoms with Crippen LogP contribution in [0.4, 0.5) is 18.0 Å². The van der Waals surface area contributed by atoms with Crippen molar-refractivity contribution in [2.24, 2.45) is 0 Å². The Balaban J connectivity index is 1.81. The Labute approximate surface area is 138 Å². The molecule has 0 aliphatic carbocycles. The van der Waals surface area contributed by atoms with Crippen molar-refractivity contribution in [3.8, 4) is 0 Å². The monoisotopic (exact) mass is 337 g/mol. The summed E-state index contributed by atoms with van der Waals surface area (Å²) in [6.45, 7) is 0.667. The van der Waals surface area contributed by atoms with Crippen molar-refractivity contribution in [1.29, 1.82) is 0 Å². The van der Waals surface area contributed by atoms with Gasteiger partial charge in [0.15, 0.2) is 0 Å². The molecule has 1 N–H and O–H groups in total. The molecule has 0 bridgehead atoms. The Hall–Kier alpha value is -2.57. The van der Waals surface area contributed by atoms with Gasteiger partial charge in [0.05, 0.1) is 5.56 Å². The van der Waals surface area contributed by atoms with Crippen LogP contribution >= 0.6 is 0 Å². The highest BCUT2D eigenvalue weighted by molar-refractivity contribution is 5.73. The van der Waals surface area contributed by atoms with Crippen molar-refractivity contribution in [3.05, 3.63) is 65.5 Å². The summed E-state index contributed by atoms with van der Waals surface area (Å²) in [6.07, 6.45) is -2.05. The van der Waals surface area contributed by atoms with Gasteiger partial charge in [-0.3, -0.25) is 4.98 Å². The minimum atomic E-state index is -4.35. The molecular weight excluding hydrogens is 319 g/mol. The van der Waals surface area contributed by atoms with Gasteiger partial charge in [-0.15, -0.1) is 0 Å². The average Bonchev–Trinajstić information content (AvgIpc) is 2.55. The lowest BCUT2D eigenvalue weighted by molar-refractivity contribution is -0.137. The van der Waals surface area contributed by atoms with Crippen molar-refractivity contribution in [3.63, 3.8) is 0 Å². The lowest BCUT2D eigenvalue weighted by Gasteiger charge is -2.18. The molecule has 0 unspecified atom stereocenters. The second-order valence-electron chi connectivity index (χ2n) is 5.35. The van der Waals surface area contributed by atoms with E-state index in [0.717, 1.165) is 17.8 Å². The fourth-order valence-electron chi connectivity index (χ4n) is 2.12. The average molecular weight is 337 g/mol. The maximum Gasteiger partial charge on any atom is 0.416 e. The van der Waals surface area contributed by atoms with Crippen LogP contribution in [0.25, 0.3) is 0 Å². The molecule has 1 aromatic carbocycles. The van der Waals surface area contributed by atoms with Gasteiger partial charge in [-0.2, -0.15) is 13.2 Å². The van der Waals surface area contributed by atoms with Crippen molar-refractivity contribution < 1.29 is 18.0 Å². The molecule has 1 heterocycles. The quantitative estimate of drug-likeness (QED) is 0.908. The molecule has 0 atom stereocenters. The largest absolute Gasteiger partial charge is 0.416 e.